The van der Waals surface area contributed by atoms with E-state index in [9.17, 15) is 9.59 Å². The second-order valence-electron chi connectivity index (χ2n) is 7.73. The largest absolute Gasteiger partial charge is 0.444 e. The lowest BCUT2D eigenvalue weighted by Crippen LogP contribution is -2.40. The molecule has 0 aliphatic carbocycles. The van der Waals surface area contributed by atoms with Crippen molar-refractivity contribution in [1.82, 2.24) is 9.47 Å². The first-order chi connectivity index (χ1) is 11.8. The van der Waals surface area contributed by atoms with Gasteiger partial charge in [-0.05, 0) is 26.8 Å². The molecule has 132 valence electrons. The molecule has 2 aliphatic heterocycles. The number of para-hydroxylation sites is 1. The van der Waals surface area contributed by atoms with Crippen LogP contribution in [0.3, 0.4) is 0 Å². The fraction of sp³-hybridized carbons (Fsp3) is 0.474. The van der Waals surface area contributed by atoms with Gasteiger partial charge >= 0.3 is 6.09 Å². The molecular weight excluding hydrogens is 318 g/mol. The minimum absolute atomic E-state index is 0.0520. The lowest BCUT2D eigenvalue weighted by Gasteiger charge is -2.30. The fourth-order valence-corrected chi connectivity index (χ4v) is 3.76. The molecule has 1 aromatic heterocycles. The van der Waals surface area contributed by atoms with Gasteiger partial charge in [-0.2, -0.15) is 0 Å². The molecule has 0 fully saturated rings. The van der Waals surface area contributed by atoms with Gasteiger partial charge in [-0.1, -0.05) is 12.1 Å². The van der Waals surface area contributed by atoms with Gasteiger partial charge in [0.1, 0.15) is 5.60 Å². The number of hydrogen-bond acceptors (Lipinski definition) is 3. The summed E-state index contributed by atoms with van der Waals surface area (Å²) in [4.78, 5) is 26.2. The summed E-state index contributed by atoms with van der Waals surface area (Å²) in [6.07, 6.45) is 0.980. The quantitative estimate of drug-likeness (QED) is 0.800. The average molecular weight is 341 g/mol. The third-order valence-corrected chi connectivity index (χ3v) is 4.76. The number of amides is 2. The lowest BCUT2D eigenvalue weighted by molar-refractivity contribution is -0.116. The topological polar surface area (TPSA) is 63.6 Å². The number of carbonyl (C=O) groups is 2. The van der Waals surface area contributed by atoms with E-state index in [4.69, 9.17) is 4.74 Å². The number of carbonyl (C=O) groups excluding carboxylic acids is 2. The van der Waals surface area contributed by atoms with Crippen LogP contribution in [-0.2, 0) is 29.0 Å². The molecule has 3 heterocycles. The van der Waals surface area contributed by atoms with Crippen LogP contribution in [0.25, 0.3) is 10.9 Å². The number of ether oxygens (including phenoxy) is 1. The summed E-state index contributed by atoms with van der Waals surface area (Å²) in [6, 6.07) is 5.98. The van der Waals surface area contributed by atoms with Crippen molar-refractivity contribution in [2.75, 3.05) is 11.9 Å². The van der Waals surface area contributed by atoms with Gasteiger partial charge in [0.05, 0.1) is 17.7 Å². The number of fused-ring (bicyclic) bond motifs is 3. The van der Waals surface area contributed by atoms with E-state index in [1.54, 1.807) is 4.90 Å². The molecule has 6 heteroatoms. The van der Waals surface area contributed by atoms with Crippen LogP contribution in [-0.4, -0.2) is 33.6 Å². The zero-order chi connectivity index (χ0) is 17.8. The second-order valence-corrected chi connectivity index (χ2v) is 7.73. The maximum atomic E-state index is 12.5. The third-order valence-electron chi connectivity index (χ3n) is 4.76. The highest BCUT2D eigenvalue weighted by molar-refractivity contribution is 6.03. The molecule has 2 aromatic rings. The summed E-state index contributed by atoms with van der Waals surface area (Å²) in [5, 5.41) is 4.11. The first-order valence-electron chi connectivity index (χ1n) is 8.74. The highest BCUT2D eigenvalue weighted by Crippen LogP contribution is 2.36. The van der Waals surface area contributed by atoms with Crippen molar-refractivity contribution in [3.05, 3.63) is 29.5 Å². The van der Waals surface area contributed by atoms with E-state index in [1.165, 1.54) is 11.3 Å². The van der Waals surface area contributed by atoms with Crippen LogP contribution in [0.4, 0.5) is 10.5 Å². The van der Waals surface area contributed by atoms with Crippen LogP contribution in [0.2, 0.25) is 0 Å². The zero-order valence-corrected chi connectivity index (χ0v) is 14.9. The average Bonchev–Trinajstić information content (AvgIpc) is 2.74. The predicted octanol–water partition coefficient (Wildman–Crippen LogP) is 3.28. The number of rotatable bonds is 0. The summed E-state index contributed by atoms with van der Waals surface area (Å²) < 4.78 is 7.79. The van der Waals surface area contributed by atoms with Crippen LogP contribution in [0.5, 0.6) is 0 Å². The van der Waals surface area contributed by atoms with E-state index in [-0.39, 0.29) is 12.0 Å². The summed E-state index contributed by atoms with van der Waals surface area (Å²) >= 11 is 0. The molecule has 2 amide bonds. The highest BCUT2D eigenvalue weighted by atomic mass is 16.6. The SMILES string of the molecule is CC(C)(C)OC(=O)N1CCc2c(c3cccc4c3n2CCC(=O)N4)C1. The Morgan fingerprint density at radius 2 is 2.00 bits per heavy atom. The zero-order valence-electron chi connectivity index (χ0n) is 14.9. The molecular formula is C19H23N3O3. The number of aryl methyl sites for hydroxylation is 1. The third kappa shape index (κ3) is 2.75. The Morgan fingerprint density at radius 3 is 2.76 bits per heavy atom. The van der Waals surface area contributed by atoms with Gasteiger partial charge in [0.2, 0.25) is 5.91 Å². The number of benzene rings is 1. The van der Waals surface area contributed by atoms with Crippen LogP contribution in [0.15, 0.2) is 18.2 Å². The lowest BCUT2D eigenvalue weighted by atomic mass is 10.0. The Hall–Kier alpha value is -2.50. The number of nitrogens with one attached hydrogen (secondary N) is 1. The van der Waals surface area contributed by atoms with E-state index in [1.807, 2.05) is 32.9 Å². The minimum Gasteiger partial charge on any atom is -0.444 e. The Bertz CT molecular complexity index is 876. The van der Waals surface area contributed by atoms with Crippen molar-refractivity contribution < 1.29 is 14.3 Å². The van der Waals surface area contributed by atoms with E-state index < -0.39 is 5.60 Å². The second kappa shape index (κ2) is 5.51. The van der Waals surface area contributed by atoms with Gasteiger partial charge in [-0.3, -0.25) is 4.79 Å². The first kappa shape index (κ1) is 16.0. The summed E-state index contributed by atoms with van der Waals surface area (Å²) in [7, 11) is 0. The molecule has 1 aromatic carbocycles. The Labute approximate surface area is 146 Å². The molecule has 0 spiro atoms. The molecule has 25 heavy (non-hydrogen) atoms. The maximum absolute atomic E-state index is 12.5. The van der Waals surface area contributed by atoms with Crippen LogP contribution in [0.1, 0.15) is 38.4 Å². The van der Waals surface area contributed by atoms with E-state index >= 15 is 0 Å². The molecule has 0 radical (unpaired) electrons. The van der Waals surface area contributed by atoms with Crippen molar-refractivity contribution in [3.63, 3.8) is 0 Å². The smallest absolute Gasteiger partial charge is 0.410 e. The van der Waals surface area contributed by atoms with Crippen molar-refractivity contribution in [3.8, 4) is 0 Å². The molecule has 4 rings (SSSR count). The van der Waals surface area contributed by atoms with Gasteiger partial charge in [-0.15, -0.1) is 0 Å². The Kier molecular flexibility index (Phi) is 3.52. The van der Waals surface area contributed by atoms with Crippen molar-refractivity contribution >= 4 is 28.6 Å². The molecule has 0 bridgehead atoms. The number of aromatic nitrogens is 1. The molecule has 0 saturated carbocycles. The van der Waals surface area contributed by atoms with E-state index in [2.05, 4.69) is 16.0 Å². The summed E-state index contributed by atoms with van der Waals surface area (Å²) in [5.74, 6) is 0.0520. The molecule has 1 N–H and O–H groups in total. The van der Waals surface area contributed by atoms with Gasteiger partial charge in [0.25, 0.3) is 0 Å². The Balaban J connectivity index is 1.74. The summed E-state index contributed by atoms with van der Waals surface area (Å²) in [5.41, 5.74) is 3.84. The van der Waals surface area contributed by atoms with E-state index in [0.717, 1.165) is 23.0 Å². The first-order valence-corrected chi connectivity index (χ1v) is 8.74. The van der Waals surface area contributed by atoms with Gasteiger partial charge in [0.15, 0.2) is 0 Å². The van der Waals surface area contributed by atoms with Gasteiger partial charge < -0.3 is 19.5 Å². The van der Waals surface area contributed by atoms with Crippen molar-refractivity contribution in [2.45, 2.75) is 52.3 Å². The predicted molar refractivity (Wildman–Crippen MR) is 95.5 cm³/mol. The van der Waals surface area contributed by atoms with E-state index in [0.29, 0.717) is 26.1 Å². The maximum Gasteiger partial charge on any atom is 0.410 e. The monoisotopic (exact) mass is 341 g/mol. The molecule has 6 nitrogen and oxygen atoms in total. The fourth-order valence-electron chi connectivity index (χ4n) is 3.76. The van der Waals surface area contributed by atoms with Crippen molar-refractivity contribution in [1.29, 1.82) is 0 Å². The number of hydrogen-bond donors (Lipinski definition) is 1. The normalized spacial score (nSPS) is 17.1. The number of anilines is 1. The standard InChI is InChI=1S/C19H23N3O3/c1-19(2,3)25-18(24)21-9-7-15-13(11-21)12-5-4-6-14-17(12)22(15)10-8-16(23)20-14/h4-6H,7-11H2,1-3H3,(H,20,23). The van der Waals surface area contributed by atoms with Gasteiger partial charge in [0, 0.05) is 42.6 Å². The van der Waals surface area contributed by atoms with Crippen LogP contribution < -0.4 is 5.32 Å². The van der Waals surface area contributed by atoms with Gasteiger partial charge in [-0.25, -0.2) is 4.79 Å². The number of nitrogens with zero attached hydrogens (tertiary/aromatic N) is 2. The Morgan fingerprint density at radius 1 is 1.20 bits per heavy atom. The minimum atomic E-state index is -0.496. The molecule has 0 saturated heterocycles. The van der Waals surface area contributed by atoms with Crippen molar-refractivity contribution in [2.24, 2.45) is 0 Å². The molecule has 0 atom stereocenters. The van der Waals surface area contributed by atoms with Crippen LogP contribution >= 0.6 is 0 Å². The highest BCUT2D eigenvalue weighted by Gasteiger charge is 2.31. The molecule has 0 unspecified atom stereocenters. The summed E-state index contributed by atoms with van der Waals surface area (Å²) in [6.45, 7) is 7.51. The van der Waals surface area contributed by atoms with Crippen LogP contribution in [0, 0.1) is 0 Å². The molecule has 2 aliphatic rings.